The highest BCUT2D eigenvalue weighted by Crippen LogP contribution is 2.25. The van der Waals surface area contributed by atoms with E-state index < -0.39 is 18.7 Å². The SMILES string of the molecule is N#Cc1cc(CO)ncc1OC(F)(F)F. The van der Waals surface area contributed by atoms with Crippen molar-refractivity contribution in [3.63, 3.8) is 0 Å². The van der Waals surface area contributed by atoms with Gasteiger partial charge in [0.2, 0.25) is 0 Å². The summed E-state index contributed by atoms with van der Waals surface area (Å²) in [6.45, 7) is -0.457. The Morgan fingerprint density at radius 1 is 1.53 bits per heavy atom. The number of ether oxygens (including phenoxy) is 1. The van der Waals surface area contributed by atoms with Gasteiger partial charge in [-0.3, -0.25) is 4.98 Å². The maximum atomic E-state index is 11.8. The van der Waals surface area contributed by atoms with Crippen molar-refractivity contribution in [1.29, 1.82) is 5.26 Å². The lowest BCUT2D eigenvalue weighted by molar-refractivity contribution is -0.274. The molecule has 4 nitrogen and oxygen atoms in total. The molecule has 0 aromatic carbocycles. The molecule has 1 N–H and O–H groups in total. The van der Waals surface area contributed by atoms with Gasteiger partial charge in [0.15, 0.2) is 5.75 Å². The van der Waals surface area contributed by atoms with Crippen molar-refractivity contribution in [3.05, 3.63) is 23.5 Å². The molecule has 0 fully saturated rings. The second-order valence-electron chi connectivity index (χ2n) is 2.49. The van der Waals surface area contributed by atoms with E-state index in [1.165, 1.54) is 6.07 Å². The molecule has 0 saturated heterocycles. The first-order valence-electron chi connectivity index (χ1n) is 3.72. The third-order valence-corrected chi connectivity index (χ3v) is 1.43. The van der Waals surface area contributed by atoms with E-state index in [0.717, 1.165) is 12.3 Å². The van der Waals surface area contributed by atoms with Crippen LogP contribution in [-0.4, -0.2) is 16.5 Å². The van der Waals surface area contributed by atoms with Gasteiger partial charge in [-0.15, -0.1) is 13.2 Å². The fourth-order valence-corrected chi connectivity index (χ4v) is 0.866. The maximum absolute atomic E-state index is 11.8. The molecule has 1 aromatic heterocycles. The molecule has 0 radical (unpaired) electrons. The van der Waals surface area contributed by atoms with Crippen LogP contribution in [0.25, 0.3) is 0 Å². The largest absolute Gasteiger partial charge is 0.573 e. The van der Waals surface area contributed by atoms with E-state index in [2.05, 4.69) is 9.72 Å². The first-order chi connectivity index (χ1) is 6.96. The Hall–Kier alpha value is -1.81. The van der Waals surface area contributed by atoms with Crippen molar-refractivity contribution < 1.29 is 23.0 Å². The van der Waals surface area contributed by atoms with Crippen molar-refractivity contribution in [2.75, 3.05) is 0 Å². The van der Waals surface area contributed by atoms with Gasteiger partial charge < -0.3 is 9.84 Å². The molecule has 0 unspecified atom stereocenters. The van der Waals surface area contributed by atoms with Gasteiger partial charge in [0.25, 0.3) is 0 Å². The minimum atomic E-state index is -4.87. The van der Waals surface area contributed by atoms with E-state index in [1.54, 1.807) is 0 Å². The summed E-state index contributed by atoms with van der Waals surface area (Å²) in [6.07, 6.45) is -4.12. The zero-order valence-electron chi connectivity index (χ0n) is 7.25. The molecule has 0 spiro atoms. The normalized spacial score (nSPS) is 10.9. The summed E-state index contributed by atoms with van der Waals surface area (Å²) in [5, 5.41) is 17.2. The third-order valence-electron chi connectivity index (χ3n) is 1.43. The molecule has 1 aromatic rings. The number of rotatable bonds is 2. The predicted octanol–water partition coefficient (Wildman–Crippen LogP) is 1.34. The van der Waals surface area contributed by atoms with Crippen molar-refractivity contribution in [1.82, 2.24) is 4.98 Å². The van der Waals surface area contributed by atoms with Gasteiger partial charge in [-0.25, -0.2) is 0 Å². The number of hydrogen-bond acceptors (Lipinski definition) is 4. The van der Waals surface area contributed by atoms with Crippen LogP contribution in [0.3, 0.4) is 0 Å². The minimum Gasteiger partial charge on any atom is -0.403 e. The average molecular weight is 218 g/mol. The van der Waals surface area contributed by atoms with Crippen LogP contribution in [0.15, 0.2) is 12.3 Å². The molecular formula is C8H5F3N2O2. The first kappa shape index (κ1) is 11.3. The highest BCUT2D eigenvalue weighted by molar-refractivity contribution is 5.42. The predicted molar refractivity (Wildman–Crippen MR) is 41.6 cm³/mol. The molecule has 15 heavy (non-hydrogen) atoms. The Morgan fingerprint density at radius 2 is 2.20 bits per heavy atom. The zero-order valence-corrected chi connectivity index (χ0v) is 7.25. The Labute approximate surface area is 82.5 Å². The van der Waals surface area contributed by atoms with Crippen LogP contribution in [-0.2, 0) is 6.61 Å². The third kappa shape index (κ3) is 3.11. The van der Waals surface area contributed by atoms with Crippen LogP contribution in [0.5, 0.6) is 5.75 Å². The number of alkyl halides is 3. The number of aliphatic hydroxyl groups excluding tert-OH is 1. The molecule has 0 aliphatic heterocycles. The Balaban J connectivity index is 3.04. The summed E-state index contributed by atoms with van der Waals surface area (Å²) in [5.74, 6) is -0.679. The van der Waals surface area contributed by atoms with Crippen LogP contribution < -0.4 is 4.74 Å². The number of halogens is 3. The molecule has 0 saturated carbocycles. The monoisotopic (exact) mass is 218 g/mol. The van der Waals surface area contributed by atoms with Gasteiger partial charge in [-0.05, 0) is 6.07 Å². The average Bonchev–Trinajstić information content (AvgIpc) is 2.16. The molecule has 0 atom stereocenters. The molecule has 1 heterocycles. The summed E-state index contributed by atoms with van der Waals surface area (Å²) in [5.41, 5.74) is -0.229. The molecular weight excluding hydrogens is 213 g/mol. The fraction of sp³-hybridized carbons (Fsp3) is 0.250. The van der Waals surface area contributed by atoms with Crippen molar-refractivity contribution in [3.8, 4) is 11.8 Å². The first-order valence-corrected chi connectivity index (χ1v) is 3.72. The van der Waals surface area contributed by atoms with Gasteiger partial charge in [-0.1, -0.05) is 0 Å². The number of aromatic nitrogens is 1. The molecule has 80 valence electrons. The molecule has 0 bridgehead atoms. The lowest BCUT2D eigenvalue weighted by Crippen LogP contribution is -2.18. The van der Waals surface area contributed by atoms with Crippen LogP contribution in [0, 0.1) is 11.3 Å². The van der Waals surface area contributed by atoms with E-state index in [1.807, 2.05) is 0 Å². The lowest BCUT2D eigenvalue weighted by atomic mass is 10.2. The zero-order chi connectivity index (χ0) is 11.5. The summed E-state index contributed by atoms with van der Waals surface area (Å²) in [7, 11) is 0. The second-order valence-corrected chi connectivity index (χ2v) is 2.49. The number of aliphatic hydroxyl groups is 1. The quantitative estimate of drug-likeness (QED) is 0.813. The van der Waals surface area contributed by atoms with Crippen LogP contribution in [0.1, 0.15) is 11.3 Å². The lowest BCUT2D eigenvalue weighted by Gasteiger charge is -2.09. The topological polar surface area (TPSA) is 66.1 Å². The number of hydrogen-bond donors (Lipinski definition) is 1. The van der Waals surface area contributed by atoms with Gasteiger partial charge in [0.1, 0.15) is 6.07 Å². The van der Waals surface area contributed by atoms with Gasteiger partial charge >= 0.3 is 6.36 Å². The number of pyridine rings is 1. The van der Waals surface area contributed by atoms with E-state index in [4.69, 9.17) is 10.4 Å². The molecule has 7 heteroatoms. The van der Waals surface area contributed by atoms with Gasteiger partial charge in [0.05, 0.1) is 24.1 Å². The van der Waals surface area contributed by atoms with Gasteiger partial charge in [-0.2, -0.15) is 5.26 Å². The van der Waals surface area contributed by atoms with Crippen molar-refractivity contribution in [2.45, 2.75) is 13.0 Å². The Kier molecular flexibility index (Phi) is 3.11. The summed E-state index contributed by atoms with van der Waals surface area (Å²) in [4.78, 5) is 3.46. The minimum absolute atomic E-state index is 0.0982. The van der Waals surface area contributed by atoms with Crippen LogP contribution >= 0.6 is 0 Å². The van der Waals surface area contributed by atoms with Crippen LogP contribution in [0.2, 0.25) is 0 Å². The smallest absolute Gasteiger partial charge is 0.403 e. The van der Waals surface area contributed by atoms with E-state index in [0.29, 0.717) is 0 Å². The maximum Gasteiger partial charge on any atom is 0.573 e. The van der Waals surface area contributed by atoms with Crippen molar-refractivity contribution >= 4 is 0 Å². The fourth-order valence-electron chi connectivity index (χ4n) is 0.866. The second kappa shape index (κ2) is 4.14. The number of nitriles is 1. The highest BCUT2D eigenvalue weighted by atomic mass is 19.4. The molecule has 1 rings (SSSR count). The molecule has 0 aliphatic rings. The molecule has 0 amide bonds. The highest BCUT2D eigenvalue weighted by Gasteiger charge is 2.32. The standard InChI is InChI=1S/C8H5F3N2O2/c9-8(10,11)15-7-3-13-6(4-14)1-5(7)2-12/h1,3,14H,4H2. The number of nitrogens with zero attached hydrogens (tertiary/aromatic N) is 2. The van der Waals surface area contributed by atoms with Crippen molar-refractivity contribution in [2.24, 2.45) is 0 Å². The Bertz CT molecular complexity index is 398. The Morgan fingerprint density at radius 3 is 2.67 bits per heavy atom. The summed E-state index contributed by atoms with van der Waals surface area (Å²) in [6, 6.07) is 2.55. The van der Waals surface area contributed by atoms with E-state index in [9.17, 15) is 13.2 Å². The summed E-state index contributed by atoms with van der Waals surface area (Å²) < 4.78 is 39.1. The van der Waals surface area contributed by atoms with E-state index >= 15 is 0 Å². The van der Waals surface area contributed by atoms with Gasteiger partial charge in [0, 0.05) is 0 Å². The van der Waals surface area contributed by atoms with E-state index in [-0.39, 0.29) is 11.3 Å². The summed E-state index contributed by atoms with van der Waals surface area (Å²) >= 11 is 0. The van der Waals surface area contributed by atoms with Crippen LogP contribution in [0.4, 0.5) is 13.2 Å². The molecule has 0 aliphatic carbocycles.